The summed E-state index contributed by atoms with van der Waals surface area (Å²) in [5, 5.41) is 5.17. The summed E-state index contributed by atoms with van der Waals surface area (Å²) >= 11 is 0. The third-order valence-corrected chi connectivity index (χ3v) is 9.32. The van der Waals surface area contributed by atoms with E-state index in [1.165, 1.54) is 77.2 Å². The second-order valence-electron chi connectivity index (χ2n) is 11.8. The van der Waals surface area contributed by atoms with Crippen LogP contribution in [0.1, 0.15) is 25.0 Å². The highest BCUT2D eigenvalue weighted by atomic mass is 15.0. The van der Waals surface area contributed by atoms with Crippen molar-refractivity contribution in [1.29, 1.82) is 0 Å². The first-order chi connectivity index (χ1) is 20.1. The van der Waals surface area contributed by atoms with Crippen LogP contribution in [0.25, 0.3) is 66.1 Å². The number of benzene rings is 6. The fraction of sp³-hybridized carbons (Fsp3) is 0.0769. The van der Waals surface area contributed by atoms with Gasteiger partial charge in [0.1, 0.15) is 0 Å². The second kappa shape index (κ2) is 7.99. The van der Waals surface area contributed by atoms with Gasteiger partial charge in [0.15, 0.2) is 0 Å². The summed E-state index contributed by atoms with van der Waals surface area (Å²) in [5.41, 5.74) is 12.7. The van der Waals surface area contributed by atoms with Crippen molar-refractivity contribution >= 4 is 43.6 Å². The zero-order valence-corrected chi connectivity index (χ0v) is 23.1. The minimum absolute atomic E-state index is 0.131. The molecule has 0 aliphatic heterocycles. The minimum Gasteiger partial charge on any atom is -0.309 e. The molecule has 0 unspecified atom stereocenters. The molecule has 0 fully saturated rings. The number of hydrogen-bond donors (Lipinski definition) is 0. The fourth-order valence-corrected chi connectivity index (χ4v) is 7.39. The lowest BCUT2D eigenvalue weighted by atomic mass is 9.82. The molecule has 2 heterocycles. The van der Waals surface area contributed by atoms with E-state index in [1.54, 1.807) is 0 Å². The van der Waals surface area contributed by atoms with E-state index in [1.807, 2.05) is 0 Å². The molecule has 2 nitrogen and oxygen atoms in total. The zero-order valence-electron chi connectivity index (χ0n) is 23.1. The number of rotatable bonds is 2. The molecule has 0 N–H and O–H groups in total. The van der Waals surface area contributed by atoms with Crippen LogP contribution in [0.3, 0.4) is 0 Å². The number of aromatic nitrogens is 2. The summed E-state index contributed by atoms with van der Waals surface area (Å²) in [6, 6.07) is 49.1. The smallest absolute Gasteiger partial charge is 0.0541 e. The highest BCUT2D eigenvalue weighted by Gasteiger charge is 2.36. The molecule has 6 aromatic carbocycles. The molecule has 41 heavy (non-hydrogen) atoms. The van der Waals surface area contributed by atoms with Crippen molar-refractivity contribution in [3.05, 3.63) is 145 Å². The van der Waals surface area contributed by atoms with Crippen molar-refractivity contribution in [2.24, 2.45) is 0 Å². The van der Waals surface area contributed by atoms with Crippen molar-refractivity contribution in [3.63, 3.8) is 0 Å². The summed E-state index contributed by atoms with van der Waals surface area (Å²) in [6.07, 6.45) is 0. The lowest BCUT2D eigenvalue weighted by Gasteiger charge is -2.23. The molecular formula is C39H28N2. The Morgan fingerprint density at radius 1 is 0.390 bits per heavy atom. The normalized spacial score (nSPS) is 13.8. The molecule has 194 valence electrons. The molecule has 8 aromatic rings. The first kappa shape index (κ1) is 22.7. The fourth-order valence-electron chi connectivity index (χ4n) is 7.39. The molecule has 0 bridgehead atoms. The van der Waals surface area contributed by atoms with Gasteiger partial charge in [-0.3, -0.25) is 0 Å². The molecule has 9 rings (SSSR count). The Morgan fingerprint density at radius 2 is 0.707 bits per heavy atom. The van der Waals surface area contributed by atoms with E-state index in [2.05, 4.69) is 156 Å². The zero-order chi connectivity index (χ0) is 27.3. The van der Waals surface area contributed by atoms with Crippen LogP contribution in [0, 0.1) is 0 Å². The number of fused-ring (bicyclic) bond motifs is 9. The summed E-state index contributed by atoms with van der Waals surface area (Å²) in [6.45, 7) is 4.76. The topological polar surface area (TPSA) is 9.86 Å². The van der Waals surface area contributed by atoms with Gasteiger partial charge >= 0.3 is 0 Å². The average Bonchev–Trinajstić information content (AvgIpc) is 3.61. The quantitative estimate of drug-likeness (QED) is 0.213. The number of nitrogens with zero attached hydrogens (tertiary/aromatic N) is 2. The predicted molar refractivity (Wildman–Crippen MR) is 173 cm³/mol. The van der Waals surface area contributed by atoms with Crippen molar-refractivity contribution < 1.29 is 0 Å². The maximum atomic E-state index is 2.42. The molecule has 2 heteroatoms. The monoisotopic (exact) mass is 524 g/mol. The van der Waals surface area contributed by atoms with Crippen LogP contribution >= 0.6 is 0 Å². The largest absolute Gasteiger partial charge is 0.309 e. The summed E-state index contributed by atoms with van der Waals surface area (Å²) < 4.78 is 4.85. The van der Waals surface area contributed by atoms with Gasteiger partial charge in [0, 0.05) is 38.3 Å². The van der Waals surface area contributed by atoms with Crippen molar-refractivity contribution in [3.8, 4) is 22.5 Å². The SMILES string of the molecule is CC1(C)c2cc(-n3c4ccccc4c4ccccc43)ccc2-c2ccc(-n3c4ccccc4c4ccccc43)cc21. The van der Waals surface area contributed by atoms with E-state index < -0.39 is 0 Å². The first-order valence-electron chi connectivity index (χ1n) is 14.4. The lowest BCUT2D eigenvalue weighted by Crippen LogP contribution is -2.16. The molecule has 0 spiro atoms. The van der Waals surface area contributed by atoms with Gasteiger partial charge in [0.2, 0.25) is 0 Å². The van der Waals surface area contributed by atoms with Crippen LogP contribution in [0.15, 0.2) is 133 Å². The Morgan fingerprint density at radius 3 is 1.05 bits per heavy atom. The third kappa shape index (κ3) is 2.97. The predicted octanol–water partition coefficient (Wildman–Crippen LogP) is 10.2. The van der Waals surface area contributed by atoms with E-state index in [4.69, 9.17) is 0 Å². The average molecular weight is 525 g/mol. The first-order valence-corrected chi connectivity index (χ1v) is 14.4. The summed E-state index contributed by atoms with van der Waals surface area (Å²) in [5.74, 6) is 0. The van der Waals surface area contributed by atoms with E-state index in [0.717, 1.165) is 0 Å². The van der Waals surface area contributed by atoms with Gasteiger partial charge in [0.25, 0.3) is 0 Å². The van der Waals surface area contributed by atoms with Crippen LogP contribution in [0.4, 0.5) is 0 Å². The van der Waals surface area contributed by atoms with Gasteiger partial charge in [-0.05, 0) is 70.8 Å². The van der Waals surface area contributed by atoms with E-state index >= 15 is 0 Å². The van der Waals surface area contributed by atoms with E-state index in [9.17, 15) is 0 Å². The van der Waals surface area contributed by atoms with Gasteiger partial charge in [-0.2, -0.15) is 0 Å². The Kier molecular flexibility index (Phi) is 4.42. The molecule has 1 aliphatic rings. The number of hydrogen-bond acceptors (Lipinski definition) is 0. The van der Waals surface area contributed by atoms with Gasteiger partial charge in [0.05, 0.1) is 22.1 Å². The maximum absolute atomic E-state index is 2.42. The molecule has 0 saturated carbocycles. The van der Waals surface area contributed by atoms with Crippen LogP contribution in [0.2, 0.25) is 0 Å². The number of para-hydroxylation sites is 4. The Balaban J connectivity index is 1.24. The molecule has 0 amide bonds. The van der Waals surface area contributed by atoms with Crippen molar-refractivity contribution in [1.82, 2.24) is 9.13 Å². The summed E-state index contributed by atoms with van der Waals surface area (Å²) in [7, 11) is 0. The van der Waals surface area contributed by atoms with Gasteiger partial charge < -0.3 is 9.13 Å². The summed E-state index contributed by atoms with van der Waals surface area (Å²) in [4.78, 5) is 0. The highest BCUT2D eigenvalue weighted by molar-refractivity contribution is 6.10. The molecular weight excluding hydrogens is 496 g/mol. The Bertz CT molecular complexity index is 2070. The minimum atomic E-state index is -0.131. The van der Waals surface area contributed by atoms with Crippen LogP contribution < -0.4 is 0 Å². The van der Waals surface area contributed by atoms with Gasteiger partial charge in [-0.15, -0.1) is 0 Å². The van der Waals surface area contributed by atoms with Gasteiger partial charge in [-0.1, -0.05) is 98.8 Å². The van der Waals surface area contributed by atoms with E-state index in [0.29, 0.717) is 0 Å². The Labute approximate surface area is 238 Å². The van der Waals surface area contributed by atoms with Crippen molar-refractivity contribution in [2.45, 2.75) is 19.3 Å². The second-order valence-corrected chi connectivity index (χ2v) is 11.8. The van der Waals surface area contributed by atoms with Gasteiger partial charge in [-0.25, -0.2) is 0 Å². The highest BCUT2D eigenvalue weighted by Crippen LogP contribution is 2.50. The molecule has 0 radical (unpaired) electrons. The van der Waals surface area contributed by atoms with Crippen molar-refractivity contribution in [2.75, 3.05) is 0 Å². The molecule has 0 saturated heterocycles. The molecule has 1 aliphatic carbocycles. The van der Waals surface area contributed by atoms with Crippen LogP contribution in [-0.4, -0.2) is 9.13 Å². The third-order valence-electron chi connectivity index (χ3n) is 9.32. The lowest BCUT2D eigenvalue weighted by molar-refractivity contribution is 0.659. The van der Waals surface area contributed by atoms with Crippen LogP contribution in [-0.2, 0) is 5.41 Å². The van der Waals surface area contributed by atoms with E-state index in [-0.39, 0.29) is 5.41 Å². The molecule has 0 atom stereocenters. The van der Waals surface area contributed by atoms with Crippen LogP contribution in [0.5, 0.6) is 0 Å². The standard InChI is InChI=1S/C39H28N2/c1-39(2)33-23-25(40-35-15-7-3-11-29(35)30-12-4-8-16-36(30)40)19-21-27(33)28-22-20-26(24-34(28)39)41-37-17-9-5-13-31(37)32-14-6-10-18-38(32)41/h3-24H,1-2H3. The Hall–Kier alpha value is -5.08. The molecule has 2 aromatic heterocycles. The maximum Gasteiger partial charge on any atom is 0.0541 e.